The van der Waals surface area contributed by atoms with Crippen LogP contribution < -0.4 is 10.1 Å². The lowest BCUT2D eigenvalue weighted by Crippen LogP contribution is -2.34. The highest BCUT2D eigenvalue weighted by atomic mass is 79.9. The lowest BCUT2D eigenvalue weighted by molar-refractivity contribution is 0.224. The smallest absolute Gasteiger partial charge is 0.123 e. The highest BCUT2D eigenvalue weighted by molar-refractivity contribution is 9.10. The Balaban J connectivity index is 1.41. The molecule has 0 bridgehead atoms. The van der Waals surface area contributed by atoms with Gasteiger partial charge in [-0.25, -0.2) is 0 Å². The van der Waals surface area contributed by atoms with E-state index < -0.39 is 0 Å². The Hall–Kier alpha value is -0.580. The van der Waals surface area contributed by atoms with E-state index in [2.05, 4.69) is 45.2 Å². The van der Waals surface area contributed by atoms with E-state index >= 15 is 0 Å². The SMILES string of the molecule is CCN1CCC(CNCC2Cc3cc(Br)ccc3O2)C1. The van der Waals surface area contributed by atoms with Gasteiger partial charge in [0.1, 0.15) is 11.9 Å². The molecule has 0 saturated carbocycles. The van der Waals surface area contributed by atoms with Gasteiger partial charge in [-0.1, -0.05) is 22.9 Å². The molecule has 1 aromatic carbocycles. The maximum atomic E-state index is 5.98. The average molecular weight is 339 g/mol. The number of hydrogen-bond acceptors (Lipinski definition) is 3. The number of nitrogens with zero attached hydrogens (tertiary/aromatic N) is 1. The van der Waals surface area contributed by atoms with Crippen molar-refractivity contribution >= 4 is 15.9 Å². The van der Waals surface area contributed by atoms with E-state index in [9.17, 15) is 0 Å². The van der Waals surface area contributed by atoms with Crippen LogP contribution in [0.2, 0.25) is 0 Å². The Morgan fingerprint density at radius 2 is 2.30 bits per heavy atom. The van der Waals surface area contributed by atoms with Crippen molar-refractivity contribution in [2.24, 2.45) is 5.92 Å². The minimum absolute atomic E-state index is 0.294. The van der Waals surface area contributed by atoms with Crippen LogP contribution >= 0.6 is 15.9 Å². The maximum absolute atomic E-state index is 5.98. The molecule has 3 nitrogen and oxygen atoms in total. The number of hydrogen-bond donors (Lipinski definition) is 1. The normalized spacial score (nSPS) is 25.7. The summed E-state index contributed by atoms with van der Waals surface area (Å²) in [7, 11) is 0. The first-order valence-corrected chi connectivity index (χ1v) is 8.42. The van der Waals surface area contributed by atoms with Gasteiger partial charge in [0.15, 0.2) is 0 Å². The van der Waals surface area contributed by atoms with Crippen LogP contribution in [0.5, 0.6) is 5.75 Å². The van der Waals surface area contributed by atoms with Crippen molar-refractivity contribution in [1.82, 2.24) is 10.2 Å². The van der Waals surface area contributed by atoms with Gasteiger partial charge >= 0.3 is 0 Å². The second kappa shape index (κ2) is 6.46. The zero-order valence-corrected chi connectivity index (χ0v) is 13.7. The summed E-state index contributed by atoms with van der Waals surface area (Å²) in [6, 6.07) is 6.29. The fraction of sp³-hybridized carbons (Fsp3) is 0.625. The Kier molecular flexibility index (Phi) is 4.64. The second-order valence-corrected chi connectivity index (χ2v) is 6.82. The lowest BCUT2D eigenvalue weighted by atomic mass is 10.1. The molecule has 2 atom stereocenters. The summed E-state index contributed by atoms with van der Waals surface area (Å²) in [5, 5.41) is 3.60. The third kappa shape index (κ3) is 3.35. The summed E-state index contributed by atoms with van der Waals surface area (Å²) < 4.78 is 7.11. The molecule has 1 aromatic rings. The Bertz CT molecular complexity index is 466. The van der Waals surface area contributed by atoms with Crippen LogP contribution in [0.4, 0.5) is 0 Å². The zero-order valence-electron chi connectivity index (χ0n) is 12.1. The van der Waals surface area contributed by atoms with Gasteiger partial charge in [-0.3, -0.25) is 0 Å². The fourth-order valence-corrected chi connectivity index (χ4v) is 3.63. The predicted molar refractivity (Wildman–Crippen MR) is 85.4 cm³/mol. The van der Waals surface area contributed by atoms with Crippen LogP contribution in [-0.2, 0) is 6.42 Å². The second-order valence-electron chi connectivity index (χ2n) is 5.90. The number of likely N-dealkylation sites (tertiary alicyclic amines) is 1. The molecule has 1 fully saturated rings. The highest BCUT2D eigenvalue weighted by Crippen LogP contribution is 2.30. The van der Waals surface area contributed by atoms with Gasteiger partial charge in [0.25, 0.3) is 0 Å². The number of nitrogens with one attached hydrogen (secondary N) is 1. The van der Waals surface area contributed by atoms with E-state index in [4.69, 9.17) is 4.74 Å². The molecule has 0 amide bonds. The van der Waals surface area contributed by atoms with Crippen molar-refractivity contribution in [3.05, 3.63) is 28.2 Å². The maximum Gasteiger partial charge on any atom is 0.123 e. The Morgan fingerprint density at radius 3 is 3.10 bits per heavy atom. The van der Waals surface area contributed by atoms with E-state index in [1.54, 1.807) is 0 Å². The summed E-state index contributed by atoms with van der Waals surface area (Å²) in [4.78, 5) is 2.53. The first-order chi connectivity index (χ1) is 9.74. The summed E-state index contributed by atoms with van der Waals surface area (Å²) in [6.45, 7) is 8.03. The monoisotopic (exact) mass is 338 g/mol. The van der Waals surface area contributed by atoms with E-state index in [0.29, 0.717) is 6.10 Å². The number of halogens is 1. The topological polar surface area (TPSA) is 24.5 Å². The number of ether oxygens (including phenoxy) is 1. The molecule has 1 N–H and O–H groups in total. The van der Waals surface area contributed by atoms with Gasteiger partial charge < -0.3 is 15.0 Å². The minimum atomic E-state index is 0.294. The zero-order chi connectivity index (χ0) is 13.9. The number of fused-ring (bicyclic) bond motifs is 1. The molecule has 4 heteroatoms. The van der Waals surface area contributed by atoms with Crippen LogP contribution in [0.1, 0.15) is 18.9 Å². The van der Waals surface area contributed by atoms with Crippen molar-refractivity contribution < 1.29 is 4.74 Å². The van der Waals surface area contributed by atoms with Crippen LogP contribution in [0.25, 0.3) is 0 Å². The molecule has 0 aromatic heterocycles. The van der Waals surface area contributed by atoms with Crippen molar-refractivity contribution in [2.45, 2.75) is 25.9 Å². The standard InChI is InChI=1S/C16H23BrN2O/c1-2-19-6-5-12(11-19)9-18-10-15-8-13-7-14(17)3-4-16(13)20-15/h3-4,7,12,15,18H,2,5-6,8-11H2,1H3. The highest BCUT2D eigenvalue weighted by Gasteiger charge is 2.24. The summed E-state index contributed by atoms with van der Waals surface area (Å²) in [5.74, 6) is 1.87. The van der Waals surface area contributed by atoms with Crippen LogP contribution in [0, 0.1) is 5.92 Å². The van der Waals surface area contributed by atoms with E-state index in [0.717, 1.165) is 35.7 Å². The van der Waals surface area contributed by atoms with Gasteiger partial charge in [0.2, 0.25) is 0 Å². The van der Waals surface area contributed by atoms with Crippen molar-refractivity contribution in [3.8, 4) is 5.75 Å². The van der Waals surface area contributed by atoms with E-state index in [1.165, 1.54) is 31.6 Å². The Morgan fingerprint density at radius 1 is 1.40 bits per heavy atom. The van der Waals surface area contributed by atoms with Gasteiger partial charge in [0, 0.05) is 24.0 Å². The van der Waals surface area contributed by atoms with Gasteiger partial charge in [-0.05, 0) is 55.7 Å². The Labute approximate surface area is 129 Å². The van der Waals surface area contributed by atoms with Crippen molar-refractivity contribution in [1.29, 1.82) is 0 Å². The molecule has 3 rings (SSSR count). The predicted octanol–water partition coefficient (Wildman–Crippen LogP) is 2.68. The largest absolute Gasteiger partial charge is 0.488 e. The molecule has 0 radical (unpaired) electrons. The molecule has 0 spiro atoms. The third-order valence-corrected chi connectivity index (χ3v) is 4.88. The summed E-state index contributed by atoms with van der Waals surface area (Å²) in [6.07, 6.45) is 2.65. The van der Waals surface area contributed by atoms with Gasteiger partial charge in [-0.2, -0.15) is 0 Å². The summed E-state index contributed by atoms with van der Waals surface area (Å²) >= 11 is 3.52. The average Bonchev–Trinajstić information content (AvgIpc) is 3.04. The van der Waals surface area contributed by atoms with Gasteiger partial charge in [-0.15, -0.1) is 0 Å². The fourth-order valence-electron chi connectivity index (χ4n) is 3.22. The molecule has 2 aliphatic heterocycles. The number of benzene rings is 1. The molecular weight excluding hydrogens is 316 g/mol. The van der Waals surface area contributed by atoms with Crippen LogP contribution in [0.15, 0.2) is 22.7 Å². The third-order valence-electron chi connectivity index (χ3n) is 4.39. The van der Waals surface area contributed by atoms with Gasteiger partial charge in [0.05, 0.1) is 0 Å². The van der Waals surface area contributed by atoms with E-state index in [-0.39, 0.29) is 0 Å². The molecule has 2 unspecified atom stereocenters. The lowest BCUT2D eigenvalue weighted by Gasteiger charge is -2.16. The van der Waals surface area contributed by atoms with Crippen molar-refractivity contribution in [2.75, 3.05) is 32.7 Å². The number of rotatable bonds is 5. The first kappa shape index (κ1) is 14.4. The molecule has 1 saturated heterocycles. The molecular formula is C16H23BrN2O. The molecule has 2 aliphatic rings. The summed E-state index contributed by atoms with van der Waals surface area (Å²) in [5.41, 5.74) is 1.32. The first-order valence-electron chi connectivity index (χ1n) is 7.62. The van der Waals surface area contributed by atoms with Crippen LogP contribution in [0.3, 0.4) is 0 Å². The van der Waals surface area contributed by atoms with Crippen molar-refractivity contribution in [3.63, 3.8) is 0 Å². The molecule has 110 valence electrons. The molecule has 2 heterocycles. The van der Waals surface area contributed by atoms with Crippen LogP contribution in [-0.4, -0.2) is 43.7 Å². The quantitative estimate of drug-likeness (QED) is 0.893. The molecule has 0 aliphatic carbocycles. The minimum Gasteiger partial charge on any atom is -0.488 e. The molecule has 20 heavy (non-hydrogen) atoms. The van der Waals surface area contributed by atoms with E-state index in [1.807, 2.05) is 6.07 Å².